The normalized spacial score (nSPS) is 26.2. The Labute approximate surface area is 83.9 Å². The number of hydrogen-bond acceptors (Lipinski definition) is 3. The summed E-state index contributed by atoms with van der Waals surface area (Å²) in [5, 5.41) is 9.31. The Hall–Kier alpha value is -0.800. The van der Waals surface area contributed by atoms with Crippen LogP contribution in [-0.4, -0.2) is 11.7 Å². The number of rotatable bonds is 2. The van der Waals surface area contributed by atoms with Gasteiger partial charge in [-0.3, -0.25) is 0 Å². The van der Waals surface area contributed by atoms with E-state index in [2.05, 4.69) is 6.92 Å². The summed E-state index contributed by atoms with van der Waals surface area (Å²) in [6.45, 7) is 2.06. The Morgan fingerprint density at radius 3 is 3.07 bits per heavy atom. The van der Waals surface area contributed by atoms with Crippen molar-refractivity contribution in [1.29, 1.82) is 0 Å². The Morgan fingerprint density at radius 2 is 2.43 bits per heavy atom. The summed E-state index contributed by atoms with van der Waals surface area (Å²) in [4.78, 5) is 0. The summed E-state index contributed by atoms with van der Waals surface area (Å²) in [6.07, 6.45) is 3.68. The van der Waals surface area contributed by atoms with E-state index < -0.39 is 5.54 Å². The molecule has 2 rings (SSSR count). The standard InChI is InChI=1S/C11H17NO2/c1-2-8-6-9-10(14-8)4-3-5-11(9,12)7-13/h6,13H,2-5,7,12H2,1H3. The molecule has 0 aliphatic heterocycles. The smallest absolute Gasteiger partial charge is 0.109 e. The number of aliphatic hydroxyl groups is 1. The Kier molecular flexibility index (Phi) is 2.37. The maximum absolute atomic E-state index is 9.31. The summed E-state index contributed by atoms with van der Waals surface area (Å²) in [5.74, 6) is 1.95. The van der Waals surface area contributed by atoms with Crippen molar-refractivity contribution in [1.82, 2.24) is 0 Å². The minimum atomic E-state index is -0.565. The molecule has 0 spiro atoms. The van der Waals surface area contributed by atoms with E-state index in [0.717, 1.165) is 42.8 Å². The zero-order valence-corrected chi connectivity index (χ0v) is 8.55. The van der Waals surface area contributed by atoms with Crippen molar-refractivity contribution in [3.8, 4) is 0 Å². The lowest BCUT2D eigenvalue weighted by molar-refractivity contribution is 0.175. The molecule has 0 radical (unpaired) electrons. The summed E-state index contributed by atoms with van der Waals surface area (Å²) in [7, 11) is 0. The van der Waals surface area contributed by atoms with Gasteiger partial charge in [0.25, 0.3) is 0 Å². The summed E-state index contributed by atoms with van der Waals surface area (Å²) < 4.78 is 5.66. The molecule has 0 aromatic carbocycles. The monoisotopic (exact) mass is 195 g/mol. The molecule has 0 bridgehead atoms. The fourth-order valence-corrected chi connectivity index (χ4v) is 2.13. The first-order chi connectivity index (χ1) is 6.69. The number of nitrogens with two attached hydrogens (primary N) is 1. The molecule has 1 unspecified atom stereocenters. The third-order valence-electron chi connectivity index (χ3n) is 3.05. The van der Waals surface area contributed by atoms with Crippen molar-refractivity contribution in [3.05, 3.63) is 23.2 Å². The zero-order valence-electron chi connectivity index (χ0n) is 8.55. The van der Waals surface area contributed by atoms with E-state index >= 15 is 0 Å². The minimum absolute atomic E-state index is 0.00267. The number of fused-ring (bicyclic) bond motifs is 1. The summed E-state index contributed by atoms with van der Waals surface area (Å²) >= 11 is 0. The third-order valence-corrected chi connectivity index (χ3v) is 3.05. The third kappa shape index (κ3) is 1.37. The van der Waals surface area contributed by atoms with E-state index in [-0.39, 0.29) is 6.61 Å². The van der Waals surface area contributed by atoms with Crippen LogP contribution in [0.3, 0.4) is 0 Å². The fourth-order valence-electron chi connectivity index (χ4n) is 2.13. The van der Waals surface area contributed by atoms with E-state index in [1.807, 2.05) is 6.07 Å². The number of aliphatic hydroxyl groups excluding tert-OH is 1. The number of hydrogen-bond donors (Lipinski definition) is 2. The van der Waals surface area contributed by atoms with Gasteiger partial charge in [-0.2, -0.15) is 0 Å². The number of furan rings is 1. The summed E-state index contributed by atoms with van der Waals surface area (Å²) in [6, 6.07) is 2.00. The second kappa shape index (κ2) is 3.41. The van der Waals surface area contributed by atoms with Crippen molar-refractivity contribution >= 4 is 0 Å². The molecule has 3 N–H and O–H groups in total. The highest BCUT2D eigenvalue weighted by molar-refractivity contribution is 5.32. The van der Waals surface area contributed by atoms with Gasteiger partial charge >= 0.3 is 0 Å². The van der Waals surface area contributed by atoms with Gasteiger partial charge in [-0.15, -0.1) is 0 Å². The molecule has 3 heteroatoms. The van der Waals surface area contributed by atoms with Crippen LogP contribution in [0.2, 0.25) is 0 Å². The van der Waals surface area contributed by atoms with Crippen LogP contribution < -0.4 is 5.73 Å². The van der Waals surface area contributed by atoms with E-state index in [9.17, 15) is 5.11 Å². The van der Waals surface area contributed by atoms with E-state index in [4.69, 9.17) is 10.2 Å². The largest absolute Gasteiger partial charge is 0.466 e. The van der Waals surface area contributed by atoms with Gasteiger partial charge in [0.15, 0.2) is 0 Å². The SMILES string of the molecule is CCc1cc2c(o1)CCCC2(N)CO. The van der Waals surface area contributed by atoms with Crippen LogP contribution in [0.25, 0.3) is 0 Å². The molecule has 0 amide bonds. The van der Waals surface area contributed by atoms with Crippen molar-refractivity contribution in [2.24, 2.45) is 5.73 Å². The van der Waals surface area contributed by atoms with Crippen LogP contribution in [0.4, 0.5) is 0 Å². The molecule has 0 fully saturated rings. The molecule has 14 heavy (non-hydrogen) atoms. The van der Waals surface area contributed by atoms with Gasteiger partial charge in [0.2, 0.25) is 0 Å². The average Bonchev–Trinajstić information content (AvgIpc) is 2.62. The molecule has 3 nitrogen and oxygen atoms in total. The van der Waals surface area contributed by atoms with Crippen LogP contribution in [0.5, 0.6) is 0 Å². The van der Waals surface area contributed by atoms with Crippen LogP contribution >= 0.6 is 0 Å². The predicted molar refractivity (Wildman–Crippen MR) is 54.0 cm³/mol. The summed E-state index contributed by atoms with van der Waals surface area (Å²) in [5.41, 5.74) is 6.58. The van der Waals surface area contributed by atoms with Gasteiger partial charge in [-0.25, -0.2) is 0 Å². The molecule has 1 aliphatic carbocycles. The van der Waals surface area contributed by atoms with E-state index in [1.165, 1.54) is 0 Å². The molecule has 78 valence electrons. The van der Waals surface area contributed by atoms with Crippen LogP contribution in [0.1, 0.15) is 36.8 Å². The van der Waals surface area contributed by atoms with Gasteiger partial charge < -0.3 is 15.3 Å². The quantitative estimate of drug-likeness (QED) is 0.748. The van der Waals surface area contributed by atoms with E-state index in [1.54, 1.807) is 0 Å². The van der Waals surface area contributed by atoms with Crippen LogP contribution in [-0.2, 0) is 18.4 Å². The van der Waals surface area contributed by atoms with Crippen molar-refractivity contribution in [3.63, 3.8) is 0 Å². The maximum Gasteiger partial charge on any atom is 0.109 e. The molecule has 1 aromatic heterocycles. The lowest BCUT2D eigenvalue weighted by Gasteiger charge is -2.30. The maximum atomic E-state index is 9.31. The predicted octanol–water partition coefficient (Wildman–Crippen LogP) is 1.32. The zero-order chi connectivity index (χ0) is 10.2. The fraction of sp³-hybridized carbons (Fsp3) is 0.636. The lowest BCUT2D eigenvalue weighted by atomic mass is 9.81. The van der Waals surface area contributed by atoms with Crippen LogP contribution in [0, 0.1) is 0 Å². The Morgan fingerprint density at radius 1 is 1.64 bits per heavy atom. The van der Waals surface area contributed by atoms with Gasteiger partial charge in [0.05, 0.1) is 12.1 Å². The first-order valence-corrected chi connectivity index (χ1v) is 5.21. The molecule has 0 saturated carbocycles. The first-order valence-electron chi connectivity index (χ1n) is 5.21. The Balaban J connectivity index is 2.43. The van der Waals surface area contributed by atoms with Gasteiger partial charge in [-0.05, 0) is 18.9 Å². The highest BCUT2D eigenvalue weighted by Gasteiger charge is 2.34. The molecule has 1 heterocycles. The van der Waals surface area contributed by atoms with Crippen LogP contribution in [0.15, 0.2) is 10.5 Å². The Bertz CT molecular complexity index is 332. The number of aryl methyl sites for hydroxylation is 2. The highest BCUT2D eigenvalue weighted by atomic mass is 16.3. The van der Waals surface area contributed by atoms with Gasteiger partial charge in [0, 0.05) is 18.4 Å². The van der Waals surface area contributed by atoms with E-state index in [0.29, 0.717) is 0 Å². The molecule has 1 aliphatic rings. The van der Waals surface area contributed by atoms with Crippen molar-refractivity contribution in [2.45, 2.75) is 38.1 Å². The minimum Gasteiger partial charge on any atom is -0.466 e. The van der Waals surface area contributed by atoms with Gasteiger partial charge in [-0.1, -0.05) is 6.92 Å². The van der Waals surface area contributed by atoms with Crippen molar-refractivity contribution in [2.75, 3.05) is 6.61 Å². The average molecular weight is 195 g/mol. The lowest BCUT2D eigenvalue weighted by Crippen LogP contribution is -2.42. The molecular formula is C11H17NO2. The van der Waals surface area contributed by atoms with Crippen molar-refractivity contribution < 1.29 is 9.52 Å². The van der Waals surface area contributed by atoms with Gasteiger partial charge in [0.1, 0.15) is 11.5 Å². The molecule has 1 atom stereocenters. The highest BCUT2D eigenvalue weighted by Crippen LogP contribution is 2.35. The molecule has 0 saturated heterocycles. The molecular weight excluding hydrogens is 178 g/mol. The first kappa shape index (κ1) is 9.74. The molecule has 1 aromatic rings. The second-order valence-corrected chi connectivity index (χ2v) is 4.07. The second-order valence-electron chi connectivity index (χ2n) is 4.07. The topological polar surface area (TPSA) is 59.4 Å².